The van der Waals surface area contributed by atoms with Gasteiger partial charge in [-0.25, -0.2) is 0 Å². The zero-order valence-corrected chi connectivity index (χ0v) is 12.9. The molecule has 3 N–H and O–H groups in total. The van der Waals surface area contributed by atoms with Crippen molar-refractivity contribution in [3.05, 3.63) is 34.9 Å². The summed E-state index contributed by atoms with van der Waals surface area (Å²) in [5, 5.41) is 0. The van der Waals surface area contributed by atoms with E-state index in [1.54, 1.807) is 0 Å². The number of ether oxygens (including phenoxy) is 1. The Kier molecular flexibility index (Phi) is 5.54. The molecule has 0 radical (unpaired) electrons. The Morgan fingerprint density at radius 2 is 2.25 bits per heavy atom. The van der Waals surface area contributed by atoms with Gasteiger partial charge in [0.1, 0.15) is 0 Å². The summed E-state index contributed by atoms with van der Waals surface area (Å²) in [4.78, 5) is 2.42. The van der Waals surface area contributed by atoms with Crippen LogP contribution < -0.4 is 11.3 Å². The third-order valence-electron chi connectivity index (χ3n) is 4.23. The van der Waals surface area contributed by atoms with Crippen molar-refractivity contribution in [2.45, 2.75) is 39.3 Å². The summed E-state index contributed by atoms with van der Waals surface area (Å²) >= 11 is 0. The fourth-order valence-electron chi connectivity index (χ4n) is 2.82. The third kappa shape index (κ3) is 3.79. The predicted octanol–water partition coefficient (Wildman–Crippen LogP) is 1.40. The quantitative estimate of drug-likeness (QED) is 0.631. The van der Waals surface area contributed by atoms with E-state index in [1.807, 2.05) is 0 Å². The number of aryl methyl sites for hydroxylation is 2. The van der Waals surface area contributed by atoms with Crippen molar-refractivity contribution in [1.29, 1.82) is 0 Å². The Hall–Kier alpha value is -0.940. The first-order chi connectivity index (χ1) is 9.63. The standard InChI is InChI=1S/C16H27N3O/c1-4-19-7-8-20-16(11-19)15(18-17)10-14-9-12(2)5-6-13(14)3/h5-6,9,15-16,18H,4,7-8,10-11,17H2,1-3H3. The Bertz CT molecular complexity index is 436. The molecule has 0 amide bonds. The maximum atomic E-state index is 5.92. The van der Waals surface area contributed by atoms with Gasteiger partial charge in [-0.1, -0.05) is 30.7 Å². The van der Waals surface area contributed by atoms with Gasteiger partial charge in [0, 0.05) is 13.1 Å². The van der Waals surface area contributed by atoms with Gasteiger partial charge in [-0.3, -0.25) is 16.2 Å². The van der Waals surface area contributed by atoms with Crippen LogP contribution >= 0.6 is 0 Å². The number of nitrogens with two attached hydrogens (primary N) is 1. The molecule has 2 unspecified atom stereocenters. The van der Waals surface area contributed by atoms with Gasteiger partial charge in [0.15, 0.2) is 0 Å². The van der Waals surface area contributed by atoms with E-state index in [9.17, 15) is 0 Å². The fourth-order valence-corrected chi connectivity index (χ4v) is 2.82. The average Bonchev–Trinajstić information content (AvgIpc) is 2.48. The van der Waals surface area contributed by atoms with E-state index in [0.29, 0.717) is 0 Å². The number of hydrazine groups is 1. The summed E-state index contributed by atoms with van der Waals surface area (Å²) in [6.45, 7) is 10.3. The minimum Gasteiger partial charge on any atom is -0.374 e. The lowest BCUT2D eigenvalue weighted by atomic mass is 9.96. The molecule has 1 heterocycles. The summed E-state index contributed by atoms with van der Waals surface area (Å²) < 4.78 is 5.92. The van der Waals surface area contributed by atoms with Crippen molar-refractivity contribution in [1.82, 2.24) is 10.3 Å². The fraction of sp³-hybridized carbons (Fsp3) is 0.625. The van der Waals surface area contributed by atoms with Crippen molar-refractivity contribution in [3.8, 4) is 0 Å². The number of rotatable bonds is 5. The first kappa shape index (κ1) is 15.4. The number of hydrogen-bond acceptors (Lipinski definition) is 4. The van der Waals surface area contributed by atoms with Gasteiger partial charge in [0.05, 0.1) is 18.8 Å². The van der Waals surface area contributed by atoms with Crippen LogP contribution in [0.5, 0.6) is 0 Å². The van der Waals surface area contributed by atoms with E-state index in [1.165, 1.54) is 16.7 Å². The lowest BCUT2D eigenvalue weighted by Gasteiger charge is -2.36. The molecule has 4 heteroatoms. The molecule has 0 aliphatic carbocycles. The second-order valence-electron chi connectivity index (χ2n) is 5.71. The minimum absolute atomic E-state index is 0.157. The Morgan fingerprint density at radius 3 is 2.95 bits per heavy atom. The monoisotopic (exact) mass is 277 g/mol. The number of morpholine rings is 1. The zero-order valence-electron chi connectivity index (χ0n) is 12.9. The van der Waals surface area contributed by atoms with E-state index in [4.69, 9.17) is 10.6 Å². The number of nitrogens with zero attached hydrogens (tertiary/aromatic N) is 1. The number of nitrogens with one attached hydrogen (secondary N) is 1. The molecule has 1 aromatic carbocycles. The van der Waals surface area contributed by atoms with Crippen molar-refractivity contribution < 1.29 is 4.74 Å². The molecule has 0 saturated carbocycles. The summed E-state index contributed by atoms with van der Waals surface area (Å²) in [6.07, 6.45) is 1.07. The van der Waals surface area contributed by atoms with Crippen LogP contribution in [-0.2, 0) is 11.2 Å². The van der Waals surface area contributed by atoms with E-state index in [-0.39, 0.29) is 12.1 Å². The molecule has 112 valence electrons. The Balaban J connectivity index is 2.06. The Labute approximate surface area is 122 Å². The minimum atomic E-state index is 0.157. The van der Waals surface area contributed by atoms with Crippen LogP contribution in [0.3, 0.4) is 0 Å². The van der Waals surface area contributed by atoms with Gasteiger partial charge in [-0.15, -0.1) is 0 Å². The molecular formula is C16H27N3O. The zero-order chi connectivity index (χ0) is 14.5. The van der Waals surface area contributed by atoms with Crippen molar-refractivity contribution in [3.63, 3.8) is 0 Å². The van der Waals surface area contributed by atoms with Gasteiger partial charge in [-0.05, 0) is 37.9 Å². The van der Waals surface area contributed by atoms with E-state index >= 15 is 0 Å². The summed E-state index contributed by atoms with van der Waals surface area (Å²) in [5.74, 6) is 5.78. The van der Waals surface area contributed by atoms with Crippen LogP contribution in [0, 0.1) is 13.8 Å². The van der Waals surface area contributed by atoms with Crippen LogP contribution in [0.15, 0.2) is 18.2 Å². The van der Waals surface area contributed by atoms with Crippen LogP contribution in [0.1, 0.15) is 23.6 Å². The van der Waals surface area contributed by atoms with Crippen LogP contribution in [-0.4, -0.2) is 43.3 Å². The maximum Gasteiger partial charge on any atom is 0.0871 e. The van der Waals surface area contributed by atoms with Crippen LogP contribution in [0.2, 0.25) is 0 Å². The topological polar surface area (TPSA) is 50.5 Å². The van der Waals surface area contributed by atoms with Crippen molar-refractivity contribution >= 4 is 0 Å². The van der Waals surface area contributed by atoms with Crippen molar-refractivity contribution in [2.75, 3.05) is 26.2 Å². The second kappa shape index (κ2) is 7.18. The molecule has 4 nitrogen and oxygen atoms in total. The molecule has 0 spiro atoms. The molecule has 1 aliphatic heterocycles. The van der Waals surface area contributed by atoms with Gasteiger partial charge >= 0.3 is 0 Å². The molecule has 1 saturated heterocycles. The molecule has 2 atom stereocenters. The highest BCUT2D eigenvalue weighted by molar-refractivity contribution is 5.31. The van der Waals surface area contributed by atoms with E-state index < -0.39 is 0 Å². The van der Waals surface area contributed by atoms with Gasteiger partial charge in [0.2, 0.25) is 0 Å². The molecule has 1 aliphatic rings. The molecule has 0 aromatic heterocycles. The normalized spacial score (nSPS) is 21.9. The molecule has 1 fully saturated rings. The average molecular weight is 277 g/mol. The highest BCUT2D eigenvalue weighted by Gasteiger charge is 2.27. The lowest BCUT2D eigenvalue weighted by molar-refractivity contribution is -0.0448. The second-order valence-corrected chi connectivity index (χ2v) is 5.71. The highest BCUT2D eigenvalue weighted by atomic mass is 16.5. The van der Waals surface area contributed by atoms with Crippen LogP contribution in [0.25, 0.3) is 0 Å². The summed E-state index contributed by atoms with van der Waals surface area (Å²) in [5.41, 5.74) is 6.92. The summed E-state index contributed by atoms with van der Waals surface area (Å²) in [7, 11) is 0. The van der Waals surface area contributed by atoms with Gasteiger partial charge < -0.3 is 4.74 Å². The highest BCUT2D eigenvalue weighted by Crippen LogP contribution is 2.17. The lowest BCUT2D eigenvalue weighted by Crippen LogP contribution is -2.54. The largest absolute Gasteiger partial charge is 0.374 e. The van der Waals surface area contributed by atoms with Gasteiger partial charge in [-0.2, -0.15) is 0 Å². The molecule has 2 rings (SSSR count). The Morgan fingerprint density at radius 1 is 1.45 bits per heavy atom. The number of hydrogen-bond donors (Lipinski definition) is 2. The van der Waals surface area contributed by atoms with E-state index in [0.717, 1.165) is 32.7 Å². The maximum absolute atomic E-state index is 5.92. The smallest absolute Gasteiger partial charge is 0.0871 e. The van der Waals surface area contributed by atoms with E-state index in [2.05, 4.69) is 49.3 Å². The molecule has 0 bridgehead atoms. The van der Waals surface area contributed by atoms with Crippen LogP contribution in [0.4, 0.5) is 0 Å². The predicted molar refractivity (Wildman–Crippen MR) is 82.6 cm³/mol. The first-order valence-electron chi connectivity index (χ1n) is 7.50. The molecular weight excluding hydrogens is 250 g/mol. The first-order valence-corrected chi connectivity index (χ1v) is 7.50. The number of benzene rings is 1. The van der Waals surface area contributed by atoms with Gasteiger partial charge in [0.25, 0.3) is 0 Å². The van der Waals surface area contributed by atoms with Crippen molar-refractivity contribution in [2.24, 2.45) is 5.84 Å². The SMILES string of the molecule is CCN1CCOC(C(Cc2cc(C)ccc2C)NN)C1. The third-order valence-corrected chi connectivity index (χ3v) is 4.23. The summed E-state index contributed by atoms with van der Waals surface area (Å²) in [6, 6.07) is 6.74. The number of likely N-dealkylation sites (N-methyl/N-ethyl adjacent to an activating group) is 1. The molecule has 20 heavy (non-hydrogen) atoms. The molecule has 1 aromatic rings.